The number of rotatable bonds is 4. The molecule has 0 bridgehead atoms. The van der Waals surface area contributed by atoms with Crippen LogP contribution in [0.2, 0.25) is 0 Å². The third kappa shape index (κ3) is 4.16. The number of hydrogen-bond acceptors (Lipinski definition) is 4. The molecule has 2 amide bonds. The fraction of sp³-hybridized carbons (Fsp3) is 0.500. The highest BCUT2D eigenvalue weighted by atomic mass is 16.2. The molecule has 0 aliphatic carbocycles. The van der Waals surface area contributed by atoms with Gasteiger partial charge in [-0.15, -0.1) is 0 Å². The highest BCUT2D eigenvalue weighted by Gasteiger charge is 2.22. The molecular formula is C14H20N4O3. The van der Waals surface area contributed by atoms with E-state index < -0.39 is 0 Å². The highest BCUT2D eigenvalue weighted by molar-refractivity contribution is 5.94. The van der Waals surface area contributed by atoms with Crippen molar-refractivity contribution in [3.63, 3.8) is 0 Å². The number of likely N-dealkylation sites (tertiary alicyclic amines) is 1. The van der Waals surface area contributed by atoms with Crippen LogP contribution in [0.25, 0.3) is 0 Å². The predicted octanol–water partition coefficient (Wildman–Crippen LogP) is -0.637. The number of hydrogen-bond donors (Lipinski definition) is 3. The fourth-order valence-electron chi connectivity index (χ4n) is 2.47. The zero-order chi connectivity index (χ0) is 15.4. The second-order valence-corrected chi connectivity index (χ2v) is 5.38. The summed E-state index contributed by atoms with van der Waals surface area (Å²) in [7, 11) is 0. The van der Waals surface area contributed by atoms with Gasteiger partial charge in [0.25, 0.3) is 5.91 Å². The molecule has 7 heteroatoms. The summed E-state index contributed by atoms with van der Waals surface area (Å²) in [6, 6.07) is 1.42. The molecule has 4 N–H and O–H groups in total. The van der Waals surface area contributed by atoms with Gasteiger partial charge in [-0.3, -0.25) is 19.3 Å². The third-order valence-electron chi connectivity index (χ3n) is 3.60. The smallest absolute Gasteiger partial charge is 0.256 e. The molecular weight excluding hydrogens is 272 g/mol. The fourth-order valence-corrected chi connectivity index (χ4v) is 2.47. The van der Waals surface area contributed by atoms with Gasteiger partial charge in [0.2, 0.25) is 5.91 Å². The second kappa shape index (κ2) is 6.53. The lowest BCUT2D eigenvalue weighted by Gasteiger charge is -2.31. The van der Waals surface area contributed by atoms with E-state index in [2.05, 4.69) is 10.3 Å². The van der Waals surface area contributed by atoms with E-state index in [0.29, 0.717) is 13.1 Å². The standard InChI is InChI=1S/C14H20N4O3/c1-9-6-12(19)11(7-16-9)14(21)17-10-2-4-18(5-3-10)8-13(15)20/h6-7,10H,2-5,8H2,1H3,(H2,15,20)(H,16,19)(H,17,21). The van der Waals surface area contributed by atoms with Crippen molar-refractivity contribution in [1.82, 2.24) is 15.2 Å². The maximum atomic E-state index is 12.1. The molecule has 2 heterocycles. The van der Waals surface area contributed by atoms with Crippen LogP contribution in [0.5, 0.6) is 0 Å². The minimum absolute atomic E-state index is 0.0160. The van der Waals surface area contributed by atoms with E-state index in [0.717, 1.165) is 18.5 Å². The maximum Gasteiger partial charge on any atom is 0.256 e. The molecule has 0 saturated carbocycles. The predicted molar refractivity (Wildman–Crippen MR) is 77.9 cm³/mol. The van der Waals surface area contributed by atoms with Gasteiger partial charge in [-0.2, -0.15) is 0 Å². The Balaban J connectivity index is 1.90. The van der Waals surface area contributed by atoms with Crippen molar-refractivity contribution in [2.24, 2.45) is 5.73 Å². The average molecular weight is 292 g/mol. The summed E-state index contributed by atoms with van der Waals surface area (Å²) in [6.45, 7) is 3.42. The molecule has 1 saturated heterocycles. The van der Waals surface area contributed by atoms with E-state index in [4.69, 9.17) is 5.73 Å². The van der Waals surface area contributed by atoms with Crippen LogP contribution in [0.4, 0.5) is 0 Å². The Labute approximate surface area is 122 Å². The summed E-state index contributed by atoms with van der Waals surface area (Å²) in [5, 5.41) is 2.87. The van der Waals surface area contributed by atoms with E-state index in [1.54, 1.807) is 6.92 Å². The number of amides is 2. The van der Waals surface area contributed by atoms with Crippen LogP contribution in [0, 0.1) is 6.92 Å². The first-order chi connectivity index (χ1) is 9.95. The molecule has 2 rings (SSSR count). The molecule has 1 aliphatic rings. The highest BCUT2D eigenvalue weighted by Crippen LogP contribution is 2.10. The number of piperidine rings is 1. The Morgan fingerprint density at radius 2 is 2.10 bits per heavy atom. The summed E-state index contributed by atoms with van der Waals surface area (Å²) in [5.74, 6) is -0.701. The molecule has 0 unspecified atom stereocenters. The largest absolute Gasteiger partial charge is 0.369 e. The molecule has 21 heavy (non-hydrogen) atoms. The van der Waals surface area contributed by atoms with Crippen LogP contribution in [-0.4, -0.2) is 47.4 Å². The number of pyridine rings is 1. The van der Waals surface area contributed by atoms with Crippen LogP contribution in [-0.2, 0) is 4.79 Å². The van der Waals surface area contributed by atoms with Gasteiger partial charge < -0.3 is 16.0 Å². The first kappa shape index (κ1) is 15.2. The van der Waals surface area contributed by atoms with Gasteiger partial charge in [-0.25, -0.2) is 0 Å². The lowest BCUT2D eigenvalue weighted by atomic mass is 10.0. The van der Waals surface area contributed by atoms with Crippen molar-refractivity contribution in [1.29, 1.82) is 0 Å². The Hall–Kier alpha value is -2.15. The topological polar surface area (TPSA) is 108 Å². The lowest BCUT2D eigenvalue weighted by molar-refractivity contribution is -0.119. The normalized spacial score (nSPS) is 16.6. The maximum absolute atomic E-state index is 12.1. The Morgan fingerprint density at radius 3 is 2.67 bits per heavy atom. The van der Waals surface area contributed by atoms with Gasteiger partial charge in [-0.05, 0) is 19.8 Å². The van der Waals surface area contributed by atoms with Gasteiger partial charge in [0.1, 0.15) is 5.56 Å². The monoisotopic (exact) mass is 292 g/mol. The van der Waals surface area contributed by atoms with E-state index in [1.807, 2.05) is 4.90 Å². The van der Waals surface area contributed by atoms with Gasteiger partial charge in [-0.1, -0.05) is 0 Å². The number of nitrogens with zero attached hydrogens (tertiary/aromatic N) is 1. The van der Waals surface area contributed by atoms with Gasteiger partial charge >= 0.3 is 0 Å². The number of nitrogens with two attached hydrogens (primary N) is 1. The van der Waals surface area contributed by atoms with Gasteiger partial charge in [0, 0.05) is 37.1 Å². The lowest BCUT2D eigenvalue weighted by Crippen LogP contribution is -2.47. The summed E-state index contributed by atoms with van der Waals surface area (Å²) in [6.07, 6.45) is 2.92. The summed E-state index contributed by atoms with van der Waals surface area (Å²) in [4.78, 5) is 39.5. The van der Waals surface area contributed by atoms with Crippen LogP contribution >= 0.6 is 0 Å². The number of carbonyl (C=O) groups is 2. The molecule has 0 spiro atoms. The van der Waals surface area contributed by atoms with Crippen molar-refractivity contribution in [3.8, 4) is 0 Å². The van der Waals surface area contributed by atoms with Crippen LogP contribution < -0.4 is 16.5 Å². The van der Waals surface area contributed by atoms with Crippen LogP contribution in [0.1, 0.15) is 28.9 Å². The Morgan fingerprint density at radius 1 is 1.43 bits per heavy atom. The summed E-state index contributed by atoms with van der Waals surface area (Å²) >= 11 is 0. The molecule has 0 radical (unpaired) electrons. The molecule has 1 fully saturated rings. The van der Waals surface area contributed by atoms with Gasteiger partial charge in [0.15, 0.2) is 5.43 Å². The summed E-state index contributed by atoms with van der Waals surface area (Å²) < 4.78 is 0. The van der Waals surface area contributed by atoms with E-state index in [-0.39, 0.29) is 35.4 Å². The molecule has 1 aromatic rings. The summed E-state index contributed by atoms with van der Waals surface area (Å²) in [5.41, 5.74) is 5.72. The minimum Gasteiger partial charge on any atom is -0.369 e. The number of aryl methyl sites for hydroxylation is 1. The third-order valence-corrected chi connectivity index (χ3v) is 3.60. The first-order valence-electron chi connectivity index (χ1n) is 6.96. The van der Waals surface area contributed by atoms with E-state index >= 15 is 0 Å². The number of aromatic amines is 1. The van der Waals surface area contributed by atoms with Crippen LogP contribution in [0.3, 0.4) is 0 Å². The average Bonchev–Trinajstić information content (AvgIpc) is 2.40. The molecule has 114 valence electrons. The Kier molecular flexibility index (Phi) is 4.74. The first-order valence-corrected chi connectivity index (χ1v) is 6.96. The number of nitrogens with one attached hydrogen (secondary N) is 2. The van der Waals surface area contributed by atoms with Crippen LogP contribution in [0.15, 0.2) is 17.1 Å². The molecule has 1 aliphatic heterocycles. The van der Waals surface area contributed by atoms with Crippen molar-refractivity contribution in [2.45, 2.75) is 25.8 Å². The number of carbonyl (C=O) groups excluding carboxylic acids is 2. The number of primary amides is 1. The zero-order valence-corrected chi connectivity index (χ0v) is 12.0. The molecule has 1 aromatic heterocycles. The van der Waals surface area contributed by atoms with E-state index in [1.165, 1.54) is 12.3 Å². The molecule has 0 aromatic carbocycles. The number of H-pyrrole nitrogens is 1. The molecule has 0 atom stereocenters. The van der Waals surface area contributed by atoms with E-state index in [9.17, 15) is 14.4 Å². The minimum atomic E-state index is -0.357. The second-order valence-electron chi connectivity index (χ2n) is 5.38. The quantitative estimate of drug-likeness (QED) is 0.686. The SMILES string of the molecule is Cc1cc(=O)c(C(=O)NC2CCN(CC(N)=O)CC2)c[nH]1. The Bertz CT molecular complexity index is 588. The van der Waals surface area contributed by atoms with Crippen molar-refractivity contribution in [2.75, 3.05) is 19.6 Å². The number of aromatic nitrogens is 1. The van der Waals surface area contributed by atoms with Crippen molar-refractivity contribution < 1.29 is 9.59 Å². The van der Waals surface area contributed by atoms with Crippen molar-refractivity contribution in [3.05, 3.63) is 33.7 Å². The zero-order valence-electron chi connectivity index (χ0n) is 12.0. The molecule has 7 nitrogen and oxygen atoms in total. The van der Waals surface area contributed by atoms with Crippen molar-refractivity contribution >= 4 is 11.8 Å². The van der Waals surface area contributed by atoms with Gasteiger partial charge in [0.05, 0.1) is 6.54 Å².